The topological polar surface area (TPSA) is 9.23 Å². The third kappa shape index (κ3) is 1.51. The van der Waals surface area contributed by atoms with Gasteiger partial charge in [-0.2, -0.15) is 0 Å². The van der Waals surface area contributed by atoms with Crippen molar-refractivity contribution in [1.82, 2.24) is 0 Å². The summed E-state index contributed by atoms with van der Waals surface area (Å²) >= 11 is 0. The predicted octanol–water partition coefficient (Wildman–Crippen LogP) is 1.64. The van der Waals surface area contributed by atoms with Crippen LogP contribution in [0.15, 0.2) is 12.1 Å². The molecule has 0 spiro atoms. The van der Waals surface area contributed by atoms with Gasteiger partial charge in [-0.15, -0.1) is 9.24 Å². The molecule has 0 bridgehead atoms. The number of methoxy groups -OCH3 is 1. The highest BCUT2D eigenvalue weighted by atomic mass is 31.0. The second kappa shape index (κ2) is 3.19. The molecule has 1 aromatic rings. The van der Waals surface area contributed by atoms with Gasteiger partial charge in [-0.3, -0.25) is 0 Å². The van der Waals surface area contributed by atoms with Crippen LogP contribution in [0.3, 0.4) is 0 Å². The maximum atomic E-state index is 12.8. The normalized spacial score (nSPS) is 9.82. The molecule has 11 heavy (non-hydrogen) atoms. The first-order valence-electron chi connectivity index (χ1n) is 3.25. The summed E-state index contributed by atoms with van der Waals surface area (Å²) in [6, 6.07) is 3.02. The maximum Gasteiger partial charge on any atom is 0.127 e. The average Bonchev–Trinajstić information content (AvgIpc) is 2.01. The van der Waals surface area contributed by atoms with E-state index in [9.17, 15) is 4.39 Å². The van der Waals surface area contributed by atoms with Crippen LogP contribution in [0.4, 0.5) is 4.39 Å². The van der Waals surface area contributed by atoms with Crippen molar-refractivity contribution in [2.45, 2.75) is 6.92 Å². The first-order valence-corrected chi connectivity index (χ1v) is 3.83. The van der Waals surface area contributed by atoms with Crippen LogP contribution in [0.1, 0.15) is 5.56 Å². The van der Waals surface area contributed by atoms with Gasteiger partial charge in [-0.05, 0) is 24.6 Å². The Kier molecular flexibility index (Phi) is 2.45. The lowest BCUT2D eigenvalue weighted by Gasteiger charge is -2.06. The standard InChI is InChI=1S/C8H10FOP/c1-5-6(9)3-4-7(10-2)8(5)11/h3-4H,11H2,1-2H3. The van der Waals surface area contributed by atoms with Gasteiger partial charge < -0.3 is 4.74 Å². The van der Waals surface area contributed by atoms with Gasteiger partial charge in [0.05, 0.1) is 7.11 Å². The van der Waals surface area contributed by atoms with Crippen molar-refractivity contribution in [3.05, 3.63) is 23.5 Å². The summed E-state index contributed by atoms with van der Waals surface area (Å²) in [6.07, 6.45) is 0. The molecule has 0 saturated heterocycles. The Labute approximate surface area is 67.8 Å². The molecule has 0 fully saturated rings. The summed E-state index contributed by atoms with van der Waals surface area (Å²) in [5.41, 5.74) is 0.620. The first kappa shape index (κ1) is 8.48. The number of ether oxygens (including phenoxy) is 1. The molecule has 0 amide bonds. The smallest absolute Gasteiger partial charge is 0.127 e. The van der Waals surface area contributed by atoms with E-state index >= 15 is 0 Å². The largest absolute Gasteiger partial charge is 0.496 e. The molecule has 1 unspecified atom stereocenters. The summed E-state index contributed by atoms with van der Waals surface area (Å²) in [7, 11) is 4.03. The number of halogens is 1. The summed E-state index contributed by atoms with van der Waals surface area (Å²) in [5, 5.41) is 0.785. The monoisotopic (exact) mass is 172 g/mol. The molecule has 1 nitrogen and oxygen atoms in total. The summed E-state index contributed by atoms with van der Waals surface area (Å²) in [4.78, 5) is 0. The average molecular weight is 172 g/mol. The van der Waals surface area contributed by atoms with Gasteiger partial charge in [-0.1, -0.05) is 0 Å². The maximum absolute atomic E-state index is 12.8. The Bertz CT molecular complexity index is 273. The quantitative estimate of drug-likeness (QED) is 0.585. The van der Waals surface area contributed by atoms with Gasteiger partial charge in [0.25, 0.3) is 0 Å². The summed E-state index contributed by atoms with van der Waals surface area (Å²) < 4.78 is 17.8. The van der Waals surface area contributed by atoms with E-state index in [0.29, 0.717) is 11.3 Å². The van der Waals surface area contributed by atoms with Gasteiger partial charge in [-0.25, -0.2) is 4.39 Å². The van der Waals surface area contributed by atoms with Gasteiger partial charge in [0, 0.05) is 5.30 Å². The van der Waals surface area contributed by atoms with Gasteiger partial charge in [0.15, 0.2) is 0 Å². The van der Waals surface area contributed by atoms with Crippen LogP contribution in [0.5, 0.6) is 5.75 Å². The number of hydrogen-bond donors (Lipinski definition) is 0. The second-order valence-corrected chi connectivity index (χ2v) is 2.87. The fourth-order valence-corrected chi connectivity index (χ4v) is 1.21. The van der Waals surface area contributed by atoms with E-state index in [1.54, 1.807) is 20.1 Å². The molecule has 0 aliphatic carbocycles. The van der Waals surface area contributed by atoms with Crippen molar-refractivity contribution in [3.8, 4) is 5.75 Å². The van der Waals surface area contributed by atoms with Gasteiger partial charge >= 0.3 is 0 Å². The van der Waals surface area contributed by atoms with Crippen molar-refractivity contribution in [2.24, 2.45) is 0 Å². The molecule has 1 aromatic carbocycles. The minimum atomic E-state index is -0.198. The van der Waals surface area contributed by atoms with E-state index in [4.69, 9.17) is 4.74 Å². The molecule has 1 rings (SSSR count). The third-order valence-electron chi connectivity index (χ3n) is 1.63. The molecule has 0 aliphatic rings. The van der Waals surface area contributed by atoms with Crippen molar-refractivity contribution < 1.29 is 9.13 Å². The van der Waals surface area contributed by atoms with E-state index in [1.807, 2.05) is 0 Å². The lowest BCUT2D eigenvalue weighted by molar-refractivity contribution is 0.417. The number of hydrogen-bond acceptors (Lipinski definition) is 1. The number of benzene rings is 1. The van der Waals surface area contributed by atoms with Crippen LogP contribution >= 0.6 is 9.24 Å². The molecular formula is C8H10FOP. The fraction of sp³-hybridized carbons (Fsp3) is 0.250. The predicted molar refractivity (Wildman–Crippen MR) is 47.0 cm³/mol. The highest BCUT2D eigenvalue weighted by Crippen LogP contribution is 2.15. The molecular weight excluding hydrogens is 162 g/mol. The van der Waals surface area contributed by atoms with Crippen LogP contribution in [0.25, 0.3) is 0 Å². The molecule has 0 saturated carbocycles. The molecule has 60 valence electrons. The molecule has 0 heterocycles. The zero-order valence-corrected chi connectivity index (χ0v) is 7.67. The Morgan fingerprint density at radius 1 is 1.45 bits per heavy atom. The van der Waals surface area contributed by atoms with Crippen LogP contribution < -0.4 is 10.0 Å². The van der Waals surface area contributed by atoms with Crippen LogP contribution in [-0.2, 0) is 0 Å². The molecule has 1 atom stereocenters. The Hall–Kier alpha value is -0.620. The van der Waals surface area contributed by atoms with E-state index in [2.05, 4.69) is 9.24 Å². The van der Waals surface area contributed by atoms with Crippen molar-refractivity contribution in [3.63, 3.8) is 0 Å². The van der Waals surface area contributed by atoms with Crippen LogP contribution in [-0.4, -0.2) is 7.11 Å². The second-order valence-electron chi connectivity index (χ2n) is 2.29. The van der Waals surface area contributed by atoms with Gasteiger partial charge in [0.1, 0.15) is 11.6 Å². The van der Waals surface area contributed by atoms with E-state index < -0.39 is 0 Å². The van der Waals surface area contributed by atoms with Crippen LogP contribution in [0.2, 0.25) is 0 Å². The molecule has 0 aliphatic heterocycles. The minimum Gasteiger partial charge on any atom is -0.496 e. The Balaban J connectivity index is 3.25. The Morgan fingerprint density at radius 2 is 2.09 bits per heavy atom. The molecule has 0 radical (unpaired) electrons. The SMILES string of the molecule is COc1ccc(F)c(C)c1P. The van der Waals surface area contributed by atoms with Gasteiger partial charge in [0.2, 0.25) is 0 Å². The van der Waals surface area contributed by atoms with Crippen molar-refractivity contribution in [1.29, 1.82) is 0 Å². The molecule has 0 N–H and O–H groups in total. The lowest BCUT2D eigenvalue weighted by Crippen LogP contribution is -2.04. The van der Waals surface area contributed by atoms with Crippen LogP contribution in [0, 0.1) is 12.7 Å². The summed E-state index contributed by atoms with van der Waals surface area (Å²) in [6.45, 7) is 1.72. The lowest BCUT2D eigenvalue weighted by atomic mass is 10.2. The van der Waals surface area contributed by atoms with E-state index in [0.717, 1.165) is 5.30 Å². The summed E-state index contributed by atoms with van der Waals surface area (Å²) in [5.74, 6) is 0.504. The highest BCUT2D eigenvalue weighted by molar-refractivity contribution is 7.28. The molecule has 0 aromatic heterocycles. The van der Waals surface area contributed by atoms with Crippen molar-refractivity contribution in [2.75, 3.05) is 7.11 Å². The zero-order valence-electron chi connectivity index (χ0n) is 6.52. The number of rotatable bonds is 1. The minimum absolute atomic E-state index is 0.198. The Morgan fingerprint density at radius 3 is 2.64 bits per heavy atom. The van der Waals surface area contributed by atoms with E-state index in [1.165, 1.54) is 6.07 Å². The van der Waals surface area contributed by atoms with Crippen molar-refractivity contribution >= 4 is 14.5 Å². The third-order valence-corrected chi connectivity index (χ3v) is 2.35. The molecule has 3 heteroatoms. The zero-order chi connectivity index (χ0) is 8.43. The van der Waals surface area contributed by atoms with E-state index in [-0.39, 0.29) is 5.82 Å². The first-order chi connectivity index (χ1) is 5.16. The highest BCUT2D eigenvalue weighted by Gasteiger charge is 2.04. The fourth-order valence-electron chi connectivity index (χ4n) is 0.855.